The summed E-state index contributed by atoms with van der Waals surface area (Å²) in [5.41, 5.74) is 1.96. The van der Waals surface area contributed by atoms with Crippen LogP contribution >= 0.6 is 11.6 Å². The summed E-state index contributed by atoms with van der Waals surface area (Å²) >= 11 is 5.90. The van der Waals surface area contributed by atoms with Gasteiger partial charge in [0.05, 0.1) is 10.5 Å². The summed E-state index contributed by atoms with van der Waals surface area (Å²) < 4.78 is 1.51. The molecule has 0 fully saturated rings. The van der Waals surface area contributed by atoms with E-state index in [9.17, 15) is 9.90 Å². The number of imidazole rings is 1. The van der Waals surface area contributed by atoms with Crippen LogP contribution < -0.4 is 0 Å². The molecule has 3 rings (SSSR count). The Kier molecular flexibility index (Phi) is 3.39. The van der Waals surface area contributed by atoms with Gasteiger partial charge in [-0.2, -0.15) is 0 Å². The molecule has 0 unspecified atom stereocenters. The van der Waals surface area contributed by atoms with Crippen LogP contribution in [0.1, 0.15) is 23.1 Å². The number of aromatic hydroxyl groups is 1. The Morgan fingerprint density at radius 3 is 2.62 bits per heavy atom. The molecule has 106 valence electrons. The van der Waals surface area contributed by atoms with Crippen molar-refractivity contribution < 1.29 is 9.90 Å². The zero-order chi connectivity index (χ0) is 15.0. The zero-order valence-corrected chi connectivity index (χ0v) is 12.1. The molecule has 1 N–H and O–H groups in total. The molecular formula is C16H13ClN2O2. The minimum absolute atomic E-state index is 0.0940. The number of carbonyl (C=O) groups is 1. The maximum absolute atomic E-state index is 11.9. The molecule has 0 saturated carbocycles. The molecule has 5 heteroatoms. The van der Waals surface area contributed by atoms with Crippen LogP contribution in [0.15, 0.2) is 42.5 Å². The second kappa shape index (κ2) is 5.22. The lowest BCUT2D eigenvalue weighted by atomic mass is 10.1. The Hall–Kier alpha value is -2.33. The van der Waals surface area contributed by atoms with Crippen molar-refractivity contribution in [3.63, 3.8) is 0 Å². The fourth-order valence-corrected chi connectivity index (χ4v) is 2.55. The van der Waals surface area contributed by atoms with Gasteiger partial charge in [0.25, 0.3) is 0 Å². The average molecular weight is 301 g/mol. The van der Waals surface area contributed by atoms with Gasteiger partial charge in [-0.25, -0.2) is 4.98 Å². The summed E-state index contributed by atoms with van der Waals surface area (Å²) in [4.78, 5) is 16.3. The number of hydrogen-bond acceptors (Lipinski definition) is 3. The van der Waals surface area contributed by atoms with Crippen molar-refractivity contribution in [3.05, 3.63) is 58.9 Å². The van der Waals surface area contributed by atoms with E-state index in [1.807, 2.05) is 30.3 Å². The van der Waals surface area contributed by atoms with Crippen LogP contribution in [0.25, 0.3) is 11.0 Å². The first-order chi connectivity index (χ1) is 10.1. The molecule has 4 nitrogen and oxygen atoms in total. The van der Waals surface area contributed by atoms with Crippen molar-refractivity contribution in [1.82, 2.24) is 9.55 Å². The Labute approximate surface area is 126 Å². The van der Waals surface area contributed by atoms with E-state index in [-0.39, 0.29) is 16.7 Å². The standard InChI is InChI=1S/C16H13ClN2O2/c1-10(20)19-13-8-7-12(17)16(21)15(13)18-14(19)9-11-5-3-2-4-6-11/h2-8,21H,9H2,1H3. The number of nitrogens with zero attached hydrogens (tertiary/aromatic N) is 2. The largest absolute Gasteiger partial charge is 0.504 e. The van der Waals surface area contributed by atoms with Gasteiger partial charge in [0, 0.05) is 13.3 Å². The third kappa shape index (κ3) is 2.38. The van der Waals surface area contributed by atoms with Crippen molar-refractivity contribution >= 4 is 28.5 Å². The van der Waals surface area contributed by atoms with E-state index < -0.39 is 0 Å². The lowest BCUT2D eigenvalue weighted by Crippen LogP contribution is -2.10. The fourth-order valence-electron chi connectivity index (χ4n) is 2.40. The van der Waals surface area contributed by atoms with Gasteiger partial charge in [-0.15, -0.1) is 0 Å². The van der Waals surface area contributed by atoms with E-state index in [0.717, 1.165) is 5.56 Å². The number of phenolic OH excluding ortho intramolecular Hbond substituents is 1. The maximum atomic E-state index is 11.9. The quantitative estimate of drug-likeness (QED) is 0.786. The van der Waals surface area contributed by atoms with Gasteiger partial charge >= 0.3 is 0 Å². The molecular weight excluding hydrogens is 288 g/mol. The van der Waals surface area contributed by atoms with E-state index in [1.54, 1.807) is 12.1 Å². The van der Waals surface area contributed by atoms with E-state index in [2.05, 4.69) is 4.98 Å². The number of phenols is 1. The van der Waals surface area contributed by atoms with Gasteiger partial charge in [-0.1, -0.05) is 41.9 Å². The summed E-state index contributed by atoms with van der Waals surface area (Å²) in [6, 6.07) is 13.0. The molecule has 21 heavy (non-hydrogen) atoms. The van der Waals surface area contributed by atoms with Crippen LogP contribution in [0.5, 0.6) is 5.75 Å². The van der Waals surface area contributed by atoms with E-state index >= 15 is 0 Å². The van der Waals surface area contributed by atoms with Crippen molar-refractivity contribution in [3.8, 4) is 5.75 Å². The number of fused-ring (bicyclic) bond motifs is 1. The molecule has 3 aromatic rings. The maximum Gasteiger partial charge on any atom is 0.229 e. The van der Waals surface area contributed by atoms with Crippen LogP contribution in [-0.2, 0) is 6.42 Å². The summed E-state index contributed by atoms with van der Waals surface area (Å²) in [7, 11) is 0. The summed E-state index contributed by atoms with van der Waals surface area (Å²) in [5, 5.41) is 10.2. The number of halogens is 1. The van der Waals surface area contributed by atoms with Gasteiger partial charge in [-0.05, 0) is 17.7 Å². The first-order valence-corrected chi connectivity index (χ1v) is 6.89. The highest BCUT2D eigenvalue weighted by Gasteiger charge is 2.18. The molecule has 2 aromatic carbocycles. The molecule has 0 aliphatic carbocycles. The Morgan fingerprint density at radius 1 is 1.24 bits per heavy atom. The Bertz CT molecular complexity index is 825. The van der Waals surface area contributed by atoms with Gasteiger partial charge in [0.15, 0.2) is 5.75 Å². The smallest absolute Gasteiger partial charge is 0.229 e. The molecule has 0 radical (unpaired) electrons. The zero-order valence-electron chi connectivity index (χ0n) is 11.4. The highest BCUT2D eigenvalue weighted by atomic mass is 35.5. The predicted octanol–water partition coefficient (Wildman–Crippen LogP) is 3.65. The summed E-state index contributed by atoms with van der Waals surface area (Å²) in [5.74, 6) is 0.342. The van der Waals surface area contributed by atoms with Crippen LogP contribution in [0.3, 0.4) is 0 Å². The molecule has 0 aliphatic heterocycles. The van der Waals surface area contributed by atoms with Crippen molar-refractivity contribution in [2.24, 2.45) is 0 Å². The third-order valence-electron chi connectivity index (χ3n) is 3.34. The van der Waals surface area contributed by atoms with Gasteiger partial charge in [0.2, 0.25) is 5.91 Å². The predicted molar refractivity (Wildman–Crippen MR) is 82.0 cm³/mol. The lowest BCUT2D eigenvalue weighted by Gasteiger charge is -2.05. The number of carbonyl (C=O) groups excluding carboxylic acids is 1. The molecule has 0 amide bonds. The Balaban J connectivity index is 2.20. The number of benzene rings is 2. The summed E-state index contributed by atoms with van der Waals surface area (Å²) in [6.07, 6.45) is 0.506. The topological polar surface area (TPSA) is 55.1 Å². The van der Waals surface area contributed by atoms with Crippen LogP contribution in [0, 0.1) is 0 Å². The first-order valence-electron chi connectivity index (χ1n) is 6.51. The molecule has 0 aliphatic rings. The van der Waals surface area contributed by atoms with Gasteiger partial charge in [0.1, 0.15) is 11.3 Å². The highest BCUT2D eigenvalue weighted by Crippen LogP contribution is 2.32. The van der Waals surface area contributed by atoms with Crippen LogP contribution in [0.2, 0.25) is 5.02 Å². The normalized spacial score (nSPS) is 11.0. The minimum atomic E-state index is -0.148. The van der Waals surface area contributed by atoms with Gasteiger partial charge in [-0.3, -0.25) is 9.36 Å². The van der Waals surface area contributed by atoms with Crippen LogP contribution in [-0.4, -0.2) is 20.6 Å². The first kappa shape index (κ1) is 13.6. The SMILES string of the molecule is CC(=O)n1c(Cc2ccccc2)nc2c(O)c(Cl)ccc21. The second-order valence-electron chi connectivity index (χ2n) is 4.81. The van der Waals surface area contributed by atoms with E-state index in [4.69, 9.17) is 11.6 Å². The van der Waals surface area contributed by atoms with Crippen molar-refractivity contribution in [1.29, 1.82) is 0 Å². The monoisotopic (exact) mass is 300 g/mol. The van der Waals surface area contributed by atoms with Crippen molar-refractivity contribution in [2.45, 2.75) is 13.3 Å². The third-order valence-corrected chi connectivity index (χ3v) is 3.65. The molecule has 0 atom stereocenters. The van der Waals surface area contributed by atoms with Crippen LogP contribution in [0.4, 0.5) is 0 Å². The number of hydrogen-bond donors (Lipinski definition) is 1. The molecule has 0 spiro atoms. The summed E-state index contributed by atoms with van der Waals surface area (Å²) in [6.45, 7) is 1.47. The number of rotatable bonds is 2. The molecule has 0 saturated heterocycles. The Morgan fingerprint density at radius 2 is 1.95 bits per heavy atom. The fraction of sp³-hybridized carbons (Fsp3) is 0.125. The lowest BCUT2D eigenvalue weighted by molar-refractivity contribution is 0.0938. The molecule has 0 bridgehead atoms. The average Bonchev–Trinajstić information content (AvgIpc) is 2.83. The van der Waals surface area contributed by atoms with Gasteiger partial charge < -0.3 is 5.11 Å². The van der Waals surface area contributed by atoms with Crippen molar-refractivity contribution in [2.75, 3.05) is 0 Å². The molecule has 1 heterocycles. The molecule has 1 aromatic heterocycles. The number of aromatic nitrogens is 2. The minimum Gasteiger partial charge on any atom is -0.504 e. The van der Waals surface area contributed by atoms with E-state index in [1.165, 1.54) is 11.5 Å². The highest BCUT2D eigenvalue weighted by molar-refractivity contribution is 6.33. The van der Waals surface area contributed by atoms with E-state index in [0.29, 0.717) is 23.3 Å². The second-order valence-corrected chi connectivity index (χ2v) is 5.22.